The highest BCUT2D eigenvalue weighted by molar-refractivity contribution is 6.33. The summed E-state index contributed by atoms with van der Waals surface area (Å²) in [5, 5.41) is 11.0. The van der Waals surface area contributed by atoms with Crippen LogP contribution in [0.5, 0.6) is 0 Å². The summed E-state index contributed by atoms with van der Waals surface area (Å²) in [5.74, 6) is 0.590. The number of rotatable bonds is 3. The van der Waals surface area contributed by atoms with Crippen molar-refractivity contribution in [1.82, 2.24) is 4.98 Å². The van der Waals surface area contributed by atoms with Crippen molar-refractivity contribution in [2.75, 3.05) is 11.9 Å². The lowest BCUT2D eigenvalue weighted by molar-refractivity contribution is -0.385. The number of halogens is 1. The van der Waals surface area contributed by atoms with Crippen LogP contribution in [0.15, 0.2) is 12.3 Å². The van der Waals surface area contributed by atoms with Crippen LogP contribution >= 0.6 is 11.6 Å². The third kappa shape index (κ3) is 3.13. The molecule has 0 aromatic carbocycles. The highest BCUT2D eigenvalue weighted by atomic mass is 35.5. The molecule has 1 saturated carbocycles. The van der Waals surface area contributed by atoms with Gasteiger partial charge in [0.05, 0.1) is 9.95 Å². The minimum Gasteiger partial charge on any atom is -0.355 e. The van der Waals surface area contributed by atoms with Gasteiger partial charge in [0.2, 0.25) is 0 Å². The standard InChI is InChI=1S/C12H17ClN4O2/c1-16(9-4-2-8(14)3-5-9)12-11(13)6-10(7-15-12)17(18)19/h6-9H,2-5,14H2,1H3. The molecule has 0 spiro atoms. The van der Waals surface area contributed by atoms with E-state index >= 15 is 0 Å². The Morgan fingerprint density at radius 3 is 2.63 bits per heavy atom. The van der Waals surface area contributed by atoms with Crippen LogP contribution in [-0.4, -0.2) is 29.0 Å². The number of hydrogen-bond acceptors (Lipinski definition) is 5. The molecule has 1 aromatic heterocycles. The summed E-state index contributed by atoms with van der Waals surface area (Å²) >= 11 is 6.08. The molecule has 1 aliphatic rings. The molecule has 1 fully saturated rings. The SMILES string of the molecule is CN(c1ncc([N+](=O)[O-])cc1Cl)C1CCC(N)CC1. The highest BCUT2D eigenvalue weighted by Gasteiger charge is 2.24. The zero-order valence-corrected chi connectivity index (χ0v) is 11.5. The molecule has 0 aliphatic heterocycles. The van der Waals surface area contributed by atoms with Gasteiger partial charge >= 0.3 is 0 Å². The number of pyridine rings is 1. The summed E-state index contributed by atoms with van der Waals surface area (Å²) in [6, 6.07) is 1.96. The molecular weight excluding hydrogens is 268 g/mol. The largest absolute Gasteiger partial charge is 0.355 e. The molecule has 2 rings (SSSR count). The van der Waals surface area contributed by atoms with Crippen LogP contribution < -0.4 is 10.6 Å². The molecule has 1 aliphatic carbocycles. The van der Waals surface area contributed by atoms with E-state index in [2.05, 4.69) is 4.98 Å². The molecule has 0 atom stereocenters. The number of nitrogens with two attached hydrogens (primary N) is 1. The average molecular weight is 285 g/mol. The fraction of sp³-hybridized carbons (Fsp3) is 0.583. The van der Waals surface area contributed by atoms with Gasteiger partial charge in [0.15, 0.2) is 0 Å². The van der Waals surface area contributed by atoms with Gasteiger partial charge in [-0.3, -0.25) is 10.1 Å². The van der Waals surface area contributed by atoms with Crippen molar-refractivity contribution < 1.29 is 4.92 Å². The van der Waals surface area contributed by atoms with Crippen LogP contribution in [0.25, 0.3) is 0 Å². The summed E-state index contributed by atoms with van der Waals surface area (Å²) < 4.78 is 0. The first-order valence-electron chi connectivity index (χ1n) is 6.27. The Morgan fingerprint density at radius 1 is 1.47 bits per heavy atom. The van der Waals surface area contributed by atoms with E-state index in [4.69, 9.17) is 17.3 Å². The maximum absolute atomic E-state index is 10.7. The molecule has 2 N–H and O–H groups in total. The highest BCUT2D eigenvalue weighted by Crippen LogP contribution is 2.31. The van der Waals surface area contributed by atoms with Crippen LogP contribution in [0.4, 0.5) is 11.5 Å². The minimum absolute atomic E-state index is 0.0900. The van der Waals surface area contributed by atoms with Gasteiger partial charge in [-0.15, -0.1) is 0 Å². The van der Waals surface area contributed by atoms with Gasteiger partial charge in [-0.25, -0.2) is 4.98 Å². The monoisotopic (exact) mass is 284 g/mol. The summed E-state index contributed by atoms with van der Waals surface area (Å²) in [5.41, 5.74) is 5.79. The molecule has 0 bridgehead atoms. The zero-order chi connectivity index (χ0) is 14.0. The van der Waals surface area contributed by atoms with Crippen LogP contribution in [0.2, 0.25) is 5.02 Å². The predicted molar refractivity (Wildman–Crippen MR) is 74.5 cm³/mol. The minimum atomic E-state index is -0.498. The Hall–Kier alpha value is -1.40. The first kappa shape index (κ1) is 14.0. The van der Waals surface area contributed by atoms with Gasteiger partial charge in [0.1, 0.15) is 12.0 Å². The number of nitrogens with zero attached hydrogens (tertiary/aromatic N) is 3. The summed E-state index contributed by atoms with van der Waals surface area (Å²) in [6.07, 6.45) is 5.20. The average Bonchev–Trinajstić information content (AvgIpc) is 2.38. The molecule has 1 aromatic rings. The molecule has 104 valence electrons. The van der Waals surface area contributed by atoms with E-state index in [1.54, 1.807) is 0 Å². The molecule has 0 unspecified atom stereocenters. The Balaban J connectivity index is 2.15. The number of anilines is 1. The van der Waals surface area contributed by atoms with Crippen molar-refractivity contribution in [3.63, 3.8) is 0 Å². The predicted octanol–water partition coefficient (Wildman–Crippen LogP) is 2.35. The first-order chi connectivity index (χ1) is 8.99. The second-order valence-electron chi connectivity index (χ2n) is 4.94. The van der Waals surface area contributed by atoms with E-state index in [0.717, 1.165) is 25.7 Å². The lowest BCUT2D eigenvalue weighted by Gasteiger charge is -2.34. The Bertz CT molecular complexity index is 475. The van der Waals surface area contributed by atoms with Gasteiger partial charge in [-0.2, -0.15) is 0 Å². The van der Waals surface area contributed by atoms with Gasteiger partial charge in [-0.1, -0.05) is 11.6 Å². The normalized spacial score (nSPS) is 23.1. The van der Waals surface area contributed by atoms with E-state index < -0.39 is 4.92 Å². The van der Waals surface area contributed by atoms with Gasteiger partial charge in [0, 0.05) is 25.2 Å². The van der Waals surface area contributed by atoms with Crippen molar-refractivity contribution in [2.45, 2.75) is 37.8 Å². The smallest absolute Gasteiger partial charge is 0.289 e. The van der Waals surface area contributed by atoms with E-state index in [1.807, 2.05) is 11.9 Å². The number of hydrogen-bond donors (Lipinski definition) is 1. The maximum atomic E-state index is 10.7. The lowest BCUT2D eigenvalue weighted by Crippen LogP contribution is -2.39. The second kappa shape index (κ2) is 5.71. The fourth-order valence-corrected chi connectivity index (χ4v) is 2.74. The first-order valence-corrected chi connectivity index (χ1v) is 6.65. The van der Waals surface area contributed by atoms with Gasteiger partial charge in [-0.05, 0) is 25.7 Å². The topological polar surface area (TPSA) is 85.3 Å². The second-order valence-corrected chi connectivity index (χ2v) is 5.34. The van der Waals surface area contributed by atoms with Crippen molar-refractivity contribution in [1.29, 1.82) is 0 Å². The summed E-state index contributed by atoms with van der Waals surface area (Å²) in [4.78, 5) is 16.3. The third-order valence-corrected chi connectivity index (χ3v) is 3.92. The summed E-state index contributed by atoms with van der Waals surface area (Å²) in [6.45, 7) is 0. The van der Waals surface area contributed by atoms with E-state index in [0.29, 0.717) is 16.9 Å². The van der Waals surface area contributed by atoms with Crippen LogP contribution in [-0.2, 0) is 0 Å². The van der Waals surface area contributed by atoms with Gasteiger partial charge in [0.25, 0.3) is 5.69 Å². The third-order valence-electron chi connectivity index (χ3n) is 3.64. The molecule has 6 nitrogen and oxygen atoms in total. The van der Waals surface area contributed by atoms with Crippen LogP contribution in [0.3, 0.4) is 0 Å². The fourth-order valence-electron chi connectivity index (χ4n) is 2.44. The number of nitro groups is 1. The Kier molecular flexibility index (Phi) is 4.21. The molecule has 19 heavy (non-hydrogen) atoms. The van der Waals surface area contributed by atoms with Crippen molar-refractivity contribution in [2.24, 2.45) is 5.73 Å². The number of aromatic nitrogens is 1. The van der Waals surface area contributed by atoms with Gasteiger partial charge < -0.3 is 10.6 Å². The maximum Gasteiger partial charge on any atom is 0.289 e. The molecule has 0 radical (unpaired) electrons. The van der Waals surface area contributed by atoms with Crippen LogP contribution in [0, 0.1) is 10.1 Å². The van der Waals surface area contributed by atoms with E-state index in [1.165, 1.54) is 12.3 Å². The van der Waals surface area contributed by atoms with E-state index in [9.17, 15) is 10.1 Å². The Morgan fingerprint density at radius 2 is 2.11 bits per heavy atom. The van der Waals surface area contributed by atoms with Crippen molar-refractivity contribution in [3.05, 3.63) is 27.4 Å². The molecule has 0 saturated heterocycles. The van der Waals surface area contributed by atoms with E-state index in [-0.39, 0.29) is 11.7 Å². The summed E-state index contributed by atoms with van der Waals surface area (Å²) in [7, 11) is 1.92. The lowest BCUT2D eigenvalue weighted by atomic mass is 9.91. The van der Waals surface area contributed by atoms with Crippen molar-refractivity contribution in [3.8, 4) is 0 Å². The zero-order valence-electron chi connectivity index (χ0n) is 10.8. The Labute approximate surface area is 116 Å². The van der Waals surface area contributed by atoms with Crippen molar-refractivity contribution >= 4 is 23.1 Å². The van der Waals surface area contributed by atoms with Crippen LogP contribution in [0.1, 0.15) is 25.7 Å². The molecule has 0 amide bonds. The molecular formula is C12H17ClN4O2. The quantitative estimate of drug-likeness (QED) is 0.680. The molecule has 1 heterocycles. The molecule has 7 heteroatoms.